The SMILES string of the molecule is Cc1cc(C(=O)C(C)C)cc(C)c1O. The molecule has 0 spiro atoms. The van der Waals surface area contributed by atoms with Gasteiger partial charge in [-0.2, -0.15) is 0 Å². The van der Waals surface area contributed by atoms with Gasteiger partial charge in [0.1, 0.15) is 5.75 Å². The van der Waals surface area contributed by atoms with Crippen LogP contribution in [-0.4, -0.2) is 10.9 Å². The van der Waals surface area contributed by atoms with Crippen molar-refractivity contribution in [3.63, 3.8) is 0 Å². The van der Waals surface area contributed by atoms with Gasteiger partial charge in [-0.25, -0.2) is 0 Å². The number of Topliss-reactive ketones (excluding diaryl/α,β-unsaturated/α-hetero) is 1. The zero-order chi connectivity index (χ0) is 10.9. The maximum atomic E-state index is 11.7. The Morgan fingerprint density at radius 2 is 1.64 bits per heavy atom. The van der Waals surface area contributed by atoms with Crippen LogP contribution in [0.25, 0.3) is 0 Å². The van der Waals surface area contributed by atoms with Gasteiger partial charge in [0.25, 0.3) is 0 Å². The Balaban J connectivity index is 3.19. The minimum absolute atomic E-state index is 0.00153. The number of rotatable bonds is 2. The standard InChI is InChI=1S/C12H16O2/c1-7(2)11(13)10-5-8(3)12(14)9(4)6-10/h5-7,14H,1-4H3. The lowest BCUT2D eigenvalue weighted by molar-refractivity contribution is 0.0939. The highest BCUT2D eigenvalue weighted by molar-refractivity contribution is 5.98. The highest BCUT2D eigenvalue weighted by Crippen LogP contribution is 2.24. The van der Waals surface area contributed by atoms with Crippen molar-refractivity contribution in [2.24, 2.45) is 5.92 Å². The van der Waals surface area contributed by atoms with Gasteiger partial charge < -0.3 is 5.11 Å². The van der Waals surface area contributed by atoms with E-state index in [2.05, 4.69) is 0 Å². The van der Waals surface area contributed by atoms with E-state index >= 15 is 0 Å². The quantitative estimate of drug-likeness (QED) is 0.731. The van der Waals surface area contributed by atoms with Crippen molar-refractivity contribution in [2.45, 2.75) is 27.7 Å². The summed E-state index contributed by atoms with van der Waals surface area (Å²) < 4.78 is 0. The second-order valence-electron chi connectivity index (χ2n) is 3.98. The molecule has 1 aromatic rings. The molecule has 0 unspecified atom stereocenters. The van der Waals surface area contributed by atoms with Crippen LogP contribution < -0.4 is 0 Å². The molecule has 0 saturated carbocycles. The second-order valence-corrected chi connectivity index (χ2v) is 3.98. The number of aryl methyl sites for hydroxylation is 2. The number of ketones is 1. The van der Waals surface area contributed by atoms with E-state index in [1.54, 1.807) is 26.0 Å². The molecule has 2 nitrogen and oxygen atoms in total. The summed E-state index contributed by atoms with van der Waals surface area (Å²) in [6, 6.07) is 3.48. The smallest absolute Gasteiger partial charge is 0.165 e. The molecular formula is C12H16O2. The van der Waals surface area contributed by atoms with Gasteiger partial charge in [0.05, 0.1) is 0 Å². The Morgan fingerprint density at radius 3 is 2.00 bits per heavy atom. The fourth-order valence-corrected chi connectivity index (χ4v) is 1.43. The van der Waals surface area contributed by atoms with Crippen LogP contribution in [0.2, 0.25) is 0 Å². The number of hydrogen-bond acceptors (Lipinski definition) is 2. The van der Waals surface area contributed by atoms with Crippen molar-refractivity contribution < 1.29 is 9.90 Å². The largest absolute Gasteiger partial charge is 0.507 e. The molecule has 2 heteroatoms. The molecule has 0 radical (unpaired) electrons. The van der Waals surface area contributed by atoms with Crippen LogP contribution in [-0.2, 0) is 0 Å². The number of carbonyl (C=O) groups is 1. The third kappa shape index (κ3) is 1.95. The van der Waals surface area contributed by atoms with Crippen molar-refractivity contribution in [3.8, 4) is 5.75 Å². The number of carbonyl (C=O) groups excluding carboxylic acids is 1. The first-order chi connectivity index (χ1) is 6.43. The first kappa shape index (κ1) is 10.8. The van der Waals surface area contributed by atoms with Crippen molar-refractivity contribution in [1.29, 1.82) is 0 Å². The first-order valence-corrected chi connectivity index (χ1v) is 4.78. The number of benzene rings is 1. The summed E-state index contributed by atoms with van der Waals surface area (Å²) >= 11 is 0. The predicted octanol–water partition coefficient (Wildman–Crippen LogP) is 2.85. The molecule has 0 bridgehead atoms. The maximum absolute atomic E-state index is 11.7. The van der Waals surface area contributed by atoms with Crippen molar-refractivity contribution >= 4 is 5.78 Å². The van der Waals surface area contributed by atoms with Gasteiger partial charge in [-0.05, 0) is 37.1 Å². The topological polar surface area (TPSA) is 37.3 Å². The molecule has 14 heavy (non-hydrogen) atoms. The van der Waals surface area contributed by atoms with Gasteiger partial charge in [-0.3, -0.25) is 4.79 Å². The van der Waals surface area contributed by atoms with E-state index in [1.807, 2.05) is 13.8 Å². The molecule has 0 heterocycles. The highest BCUT2D eigenvalue weighted by atomic mass is 16.3. The van der Waals surface area contributed by atoms with Gasteiger partial charge in [0, 0.05) is 11.5 Å². The lowest BCUT2D eigenvalue weighted by Crippen LogP contribution is -2.07. The second kappa shape index (κ2) is 3.82. The monoisotopic (exact) mass is 192 g/mol. The molecule has 0 fully saturated rings. The Morgan fingerprint density at radius 1 is 1.21 bits per heavy atom. The lowest BCUT2D eigenvalue weighted by atomic mass is 9.97. The zero-order valence-electron chi connectivity index (χ0n) is 9.09. The fourth-order valence-electron chi connectivity index (χ4n) is 1.43. The maximum Gasteiger partial charge on any atom is 0.165 e. The Bertz CT molecular complexity index is 342. The Labute approximate surface area is 84.6 Å². The van der Waals surface area contributed by atoms with Gasteiger partial charge in [-0.1, -0.05) is 13.8 Å². The molecule has 1 rings (SSSR count). The van der Waals surface area contributed by atoms with Crippen molar-refractivity contribution in [3.05, 3.63) is 28.8 Å². The molecule has 0 aromatic heterocycles. The summed E-state index contributed by atoms with van der Waals surface area (Å²) in [4.78, 5) is 11.7. The number of hydrogen-bond donors (Lipinski definition) is 1. The first-order valence-electron chi connectivity index (χ1n) is 4.78. The molecule has 0 aliphatic rings. The zero-order valence-corrected chi connectivity index (χ0v) is 9.09. The summed E-state index contributed by atoms with van der Waals surface area (Å²) in [5.41, 5.74) is 2.20. The molecule has 0 saturated heterocycles. The van der Waals surface area contributed by atoms with Crippen LogP contribution in [0.5, 0.6) is 5.75 Å². The number of phenols is 1. The fraction of sp³-hybridized carbons (Fsp3) is 0.417. The summed E-state index contributed by atoms with van der Waals surface area (Å²) in [5.74, 6) is 0.403. The summed E-state index contributed by atoms with van der Waals surface area (Å²) in [5, 5.41) is 9.54. The van der Waals surface area contributed by atoms with Gasteiger partial charge in [0.2, 0.25) is 0 Å². The molecule has 0 aliphatic heterocycles. The average Bonchev–Trinajstić information content (AvgIpc) is 2.12. The van der Waals surface area contributed by atoms with Gasteiger partial charge in [-0.15, -0.1) is 0 Å². The molecule has 1 aromatic carbocycles. The van der Waals surface area contributed by atoms with E-state index in [0.717, 1.165) is 11.1 Å². The predicted molar refractivity (Wildman–Crippen MR) is 56.7 cm³/mol. The van der Waals surface area contributed by atoms with Crippen molar-refractivity contribution in [2.75, 3.05) is 0 Å². The Hall–Kier alpha value is -1.31. The van der Waals surface area contributed by atoms with E-state index in [1.165, 1.54) is 0 Å². The molecule has 1 N–H and O–H groups in total. The number of aromatic hydroxyl groups is 1. The van der Waals surface area contributed by atoms with Crippen LogP contribution in [0, 0.1) is 19.8 Å². The van der Waals surface area contributed by atoms with Gasteiger partial charge in [0.15, 0.2) is 5.78 Å². The minimum atomic E-state index is -0.00153. The third-order valence-electron chi connectivity index (χ3n) is 2.30. The molecule has 0 aliphatic carbocycles. The third-order valence-corrected chi connectivity index (χ3v) is 2.30. The summed E-state index contributed by atoms with van der Waals surface area (Å²) in [6.45, 7) is 7.36. The number of phenolic OH excluding ortho intramolecular Hbond substituents is 1. The minimum Gasteiger partial charge on any atom is -0.507 e. The summed E-state index contributed by atoms with van der Waals surface area (Å²) in [6.07, 6.45) is 0. The van der Waals surface area contributed by atoms with E-state index in [4.69, 9.17) is 0 Å². The van der Waals surface area contributed by atoms with Crippen LogP contribution >= 0.6 is 0 Å². The summed E-state index contributed by atoms with van der Waals surface area (Å²) in [7, 11) is 0. The average molecular weight is 192 g/mol. The molecule has 0 atom stereocenters. The van der Waals surface area contributed by atoms with E-state index in [9.17, 15) is 9.90 Å². The molecule has 0 amide bonds. The normalized spacial score (nSPS) is 10.6. The van der Waals surface area contributed by atoms with Crippen LogP contribution in [0.1, 0.15) is 35.3 Å². The van der Waals surface area contributed by atoms with Crippen LogP contribution in [0.15, 0.2) is 12.1 Å². The Kier molecular flexibility index (Phi) is 2.94. The van der Waals surface area contributed by atoms with Gasteiger partial charge >= 0.3 is 0 Å². The molecule has 76 valence electrons. The lowest BCUT2D eigenvalue weighted by Gasteiger charge is -2.08. The highest BCUT2D eigenvalue weighted by Gasteiger charge is 2.12. The van der Waals surface area contributed by atoms with Crippen LogP contribution in [0.4, 0.5) is 0 Å². The molecular weight excluding hydrogens is 176 g/mol. The van der Waals surface area contributed by atoms with Crippen molar-refractivity contribution in [1.82, 2.24) is 0 Å². The van der Waals surface area contributed by atoms with Crippen LogP contribution in [0.3, 0.4) is 0 Å². The van der Waals surface area contributed by atoms with E-state index in [-0.39, 0.29) is 17.5 Å². The van der Waals surface area contributed by atoms with E-state index < -0.39 is 0 Å². The van der Waals surface area contributed by atoms with E-state index in [0.29, 0.717) is 5.56 Å².